The number of hydrogen-bond acceptors (Lipinski definition) is 3. The molecule has 80 valence electrons. The van der Waals surface area contributed by atoms with Crippen LogP contribution in [0.2, 0.25) is 5.15 Å². The summed E-state index contributed by atoms with van der Waals surface area (Å²) >= 11 is 5.62. The topological polar surface area (TPSA) is 59.2 Å². The molecule has 1 aromatic rings. The van der Waals surface area contributed by atoms with Crippen LogP contribution in [0.1, 0.15) is 13.8 Å². The van der Waals surface area contributed by atoms with Crippen LogP contribution >= 0.6 is 11.6 Å². The minimum atomic E-state index is -3.71. The third-order valence-electron chi connectivity index (χ3n) is 1.49. The minimum absolute atomic E-state index is 0.0141. The summed E-state index contributed by atoms with van der Waals surface area (Å²) in [5.74, 6) is 0.155. The van der Waals surface area contributed by atoms with Gasteiger partial charge in [-0.15, -0.1) is 0 Å². The molecular weight excluding hydrogens is 226 g/mol. The summed E-state index contributed by atoms with van der Waals surface area (Å²) in [6.07, 6.45) is 1.45. The van der Waals surface area contributed by atoms with Crippen molar-refractivity contribution in [3.63, 3.8) is 0 Å². The lowest BCUT2D eigenvalue weighted by atomic mass is 10.2. The molecule has 0 aliphatic heterocycles. The molecule has 0 fully saturated rings. The summed E-state index contributed by atoms with van der Waals surface area (Å²) < 4.78 is 27.8. The molecule has 0 amide bonds. The monoisotopic (exact) mass is 237 g/mol. The van der Waals surface area contributed by atoms with Gasteiger partial charge < -0.3 is 4.98 Å². The molecule has 1 N–H and O–H groups in total. The van der Waals surface area contributed by atoms with E-state index < -0.39 is 10.1 Å². The summed E-state index contributed by atoms with van der Waals surface area (Å²) in [5, 5.41) is 0.0776. The smallest absolute Gasteiger partial charge is 0.300 e. The largest absolute Gasteiger partial charge is 0.351 e. The summed E-state index contributed by atoms with van der Waals surface area (Å²) in [4.78, 5) is 2.55. The fourth-order valence-corrected chi connectivity index (χ4v) is 2.32. The van der Waals surface area contributed by atoms with Crippen LogP contribution in [0.15, 0.2) is 17.2 Å². The SMILES string of the molecule is CC(C)COS(=O)(=O)c1cc[nH]c1Cl. The van der Waals surface area contributed by atoms with Gasteiger partial charge in [-0.1, -0.05) is 25.4 Å². The van der Waals surface area contributed by atoms with E-state index in [1.54, 1.807) is 0 Å². The summed E-state index contributed by atoms with van der Waals surface area (Å²) in [6.45, 7) is 3.90. The molecule has 0 aliphatic carbocycles. The molecule has 1 rings (SSSR count). The van der Waals surface area contributed by atoms with E-state index in [0.717, 1.165) is 0 Å². The molecule has 1 heterocycles. The fraction of sp³-hybridized carbons (Fsp3) is 0.500. The average molecular weight is 238 g/mol. The van der Waals surface area contributed by atoms with Crippen LogP contribution in [-0.2, 0) is 14.3 Å². The molecule has 1 aromatic heterocycles. The van der Waals surface area contributed by atoms with Gasteiger partial charge in [0, 0.05) is 6.20 Å². The van der Waals surface area contributed by atoms with Gasteiger partial charge in [-0.05, 0) is 12.0 Å². The molecule has 0 unspecified atom stereocenters. The Morgan fingerprint density at radius 3 is 2.64 bits per heavy atom. The van der Waals surface area contributed by atoms with E-state index in [-0.39, 0.29) is 22.6 Å². The lowest BCUT2D eigenvalue weighted by Crippen LogP contribution is -2.10. The predicted octanol–water partition coefficient (Wildman–Crippen LogP) is 2.03. The van der Waals surface area contributed by atoms with Crippen LogP contribution in [-0.4, -0.2) is 20.0 Å². The van der Waals surface area contributed by atoms with Crippen molar-refractivity contribution in [2.75, 3.05) is 6.61 Å². The number of hydrogen-bond donors (Lipinski definition) is 1. The van der Waals surface area contributed by atoms with E-state index >= 15 is 0 Å². The van der Waals surface area contributed by atoms with Gasteiger partial charge in [0.05, 0.1) is 6.61 Å². The van der Waals surface area contributed by atoms with Gasteiger partial charge in [0.25, 0.3) is 10.1 Å². The van der Waals surface area contributed by atoms with Crippen LogP contribution in [0.4, 0.5) is 0 Å². The molecule has 0 aromatic carbocycles. The Morgan fingerprint density at radius 1 is 1.57 bits per heavy atom. The molecule has 0 radical (unpaired) electrons. The van der Waals surface area contributed by atoms with Crippen LogP contribution < -0.4 is 0 Å². The molecule has 0 atom stereocenters. The van der Waals surface area contributed by atoms with E-state index in [1.165, 1.54) is 12.3 Å². The van der Waals surface area contributed by atoms with Crippen LogP contribution in [0.25, 0.3) is 0 Å². The summed E-state index contributed by atoms with van der Waals surface area (Å²) in [7, 11) is -3.71. The first kappa shape index (κ1) is 11.6. The first-order chi connectivity index (χ1) is 6.43. The van der Waals surface area contributed by atoms with Gasteiger partial charge in [-0.2, -0.15) is 8.42 Å². The molecule has 14 heavy (non-hydrogen) atoms. The fourth-order valence-electron chi connectivity index (χ4n) is 0.817. The van der Waals surface area contributed by atoms with E-state index in [4.69, 9.17) is 15.8 Å². The lowest BCUT2D eigenvalue weighted by molar-refractivity contribution is 0.275. The highest BCUT2D eigenvalue weighted by Crippen LogP contribution is 2.21. The normalized spacial score (nSPS) is 12.3. The third-order valence-corrected chi connectivity index (χ3v) is 3.24. The molecular formula is C8H12ClNO3S. The Balaban J connectivity index is 2.82. The quantitative estimate of drug-likeness (QED) is 0.816. The maximum absolute atomic E-state index is 11.5. The zero-order valence-electron chi connectivity index (χ0n) is 7.95. The Kier molecular flexibility index (Phi) is 3.58. The van der Waals surface area contributed by atoms with Crippen molar-refractivity contribution >= 4 is 21.7 Å². The highest BCUT2D eigenvalue weighted by atomic mass is 35.5. The first-order valence-electron chi connectivity index (χ1n) is 4.16. The molecule has 4 nitrogen and oxygen atoms in total. The third kappa shape index (κ3) is 2.73. The second kappa shape index (κ2) is 4.33. The van der Waals surface area contributed by atoms with Gasteiger partial charge in [0.1, 0.15) is 10.0 Å². The number of nitrogens with one attached hydrogen (secondary N) is 1. The molecule has 0 saturated heterocycles. The van der Waals surface area contributed by atoms with Crippen molar-refractivity contribution in [3.05, 3.63) is 17.4 Å². The maximum atomic E-state index is 11.5. The molecule has 6 heteroatoms. The Hall–Kier alpha value is -0.520. The van der Waals surface area contributed by atoms with Gasteiger partial charge in [0.2, 0.25) is 0 Å². The van der Waals surface area contributed by atoms with E-state index in [1.807, 2.05) is 13.8 Å². The Morgan fingerprint density at radius 2 is 2.21 bits per heavy atom. The van der Waals surface area contributed by atoms with Crippen molar-refractivity contribution < 1.29 is 12.6 Å². The van der Waals surface area contributed by atoms with Crippen LogP contribution in [0.5, 0.6) is 0 Å². The number of aromatic amines is 1. The zero-order valence-corrected chi connectivity index (χ0v) is 9.52. The average Bonchev–Trinajstić information content (AvgIpc) is 2.48. The standard InChI is InChI=1S/C8H12ClNO3S/c1-6(2)5-13-14(11,12)7-3-4-10-8(7)9/h3-4,6,10H,5H2,1-2H3. The van der Waals surface area contributed by atoms with E-state index in [0.29, 0.717) is 0 Å². The Bertz CT molecular complexity index is 396. The van der Waals surface area contributed by atoms with Crippen LogP contribution in [0, 0.1) is 5.92 Å². The lowest BCUT2D eigenvalue weighted by Gasteiger charge is -2.06. The first-order valence-corrected chi connectivity index (χ1v) is 5.94. The van der Waals surface area contributed by atoms with Crippen molar-refractivity contribution in [1.82, 2.24) is 4.98 Å². The molecule has 0 spiro atoms. The maximum Gasteiger partial charge on any atom is 0.300 e. The van der Waals surface area contributed by atoms with Gasteiger partial charge in [0.15, 0.2) is 0 Å². The highest BCUT2D eigenvalue weighted by Gasteiger charge is 2.19. The minimum Gasteiger partial charge on any atom is -0.351 e. The van der Waals surface area contributed by atoms with Crippen LogP contribution in [0.3, 0.4) is 0 Å². The predicted molar refractivity (Wildman–Crippen MR) is 53.8 cm³/mol. The Labute approximate surface area is 88.4 Å². The molecule has 0 saturated carbocycles. The number of rotatable bonds is 4. The zero-order chi connectivity index (χ0) is 10.8. The van der Waals surface area contributed by atoms with Crippen molar-refractivity contribution in [2.45, 2.75) is 18.7 Å². The van der Waals surface area contributed by atoms with Gasteiger partial charge in [-0.25, -0.2) is 0 Å². The summed E-state index contributed by atoms with van der Waals surface area (Å²) in [5.41, 5.74) is 0. The number of H-pyrrole nitrogens is 1. The van der Waals surface area contributed by atoms with E-state index in [9.17, 15) is 8.42 Å². The number of halogens is 1. The van der Waals surface area contributed by atoms with Crippen molar-refractivity contribution in [2.24, 2.45) is 5.92 Å². The van der Waals surface area contributed by atoms with Gasteiger partial charge >= 0.3 is 0 Å². The molecule has 0 bridgehead atoms. The van der Waals surface area contributed by atoms with E-state index in [2.05, 4.69) is 4.98 Å². The summed E-state index contributed by atoms with van der Waals surface area (Å²) in [6, 6.07) is 1.37. The second-order valence-electron chi connectivity index (χ2n) is 3.29. The second-order valence-corrected chi connectivity index (χ2v) is 5.25. The number of aromatic nitrogens is 1. The van der Waals surface area contributed by atoms with Gasteiger partial charge in [-0.3, -0.25) is 4.18 Å². The highest BCUT2D eigenvalue weighted by molar-refractivity contribution is 7.86. The molecule has 0 aliphatic rings. The van der Waals surface area contributed by atoms with Crippen molar-refractivity contribution in [3.8, 4) is 0 Å². The van der Waals surface area contributed by atoms with Crippen molar-refractivity contribution in [1.29, 1.82) is 0 Å².